The molecule has 2 aromatic rings. The quantitative estimate of drug-likeness (QED) is 0.331. The van der Waals surface area contributed by atoms with Gasteiger partial charge in [0.2, 0.25) is 0 Å². The molecule has 0 bridgehead atoms. The van der Waals surface area contributed by atoms with Gasteiger partial charge in [0.05, 0.1) is 11.4 Å². The van der Waals surface area contributed by atoms with Crippen molar-refractivity contribution < 1.29 is 24.2 Å². The lowest BCUT2D eigenvalue weighted by Crippen LogP contribution is -2.45. The highest BCUT2D eigenvalue weighted by Gasteiger charge is 2.49. The number of benzene rings is 2. The van der Waals surface area contributed by atoms with Crippen molar-refractivity contribution in [2.45, 2.75) is 72.3 Å². The average Bonchev–Trinajstić information content (AvgIpc) is 2.85. The zero-order valence-electron chi connectivity index (χ0n) is 24.2. The van der Waals surface area contributed by atoms with Crippen LogP contribution in [0.3, 0.4) is 0 Å². The first kappa shape index (κ1) is 30.7. The van der Waals surface area contributed by atoms with Gasteiger partial charge in [0.15, 0.2) is 11.6 Å². The molecule has 0 radical (unpaired) electrons. The lowest BCUT2D eigenvalue weighted by Gasteiger charge is -2.49. The van der Waals surface area contributed by atoms with Crippen molar-refractivity contribution in [3.63, 3.8) is 0 Å². The third-order valence-corrected chi connectivity index (χ3v) is 9.14. The molecule has 1 heterocycles. The molecule has 9 heteroatoms. The second kappa shape index (κ2) is 11.4. The summed E-state index contributed by atoms with van der Waals surface area (Å²) in [6, 6.07) is 10.6. The molecule has 0 unspecified atom stereocenters. The van der Waals surface area contributed by atoms with E-state index in [0.717, 1.165) is 22.5 Å². The van der Waals surface area contributed by atoms with E-state index in [-0.39, 0.29) is 42.0 Å². The number of aliphatic carboxylic acids is 1. The van der Waals surface area contributed by atoms with Gasteiger partial charge in [-0.3, -0.25) is 14.4 Å². The highest BCUT2D eigenvalue weighted by atomic mass is 35.5. The number of Topliss-reactive ketones (excluding diaryl/α,β-unsaturated/α-hetero) is 2. The fraction of sp³-hybridized carbons (Fsp3) is 0.424. The van der Waals surface area contributed by atoms with E-state index in [1.165, 1.54) is 0 Å². The molecule has 1 aliphatic heterocycles. The summed E-state index contributed by atoms with van der Waals surface area (Å²) in [7, 11) is 0. The molecule has 2 aromatic carbocycles. The first-order chi connectivity index (χ1) is 19.7. The molecular formula is C33H34Cl3NO5. The van der Waals surface area contributed by atoms with Crippen molar-refractivity contribution in [3.8, 4) is 5.75 Å². The predicted molar refractivity (Wildman–Crippen MR) is 164 cm³/mol. The van der Waals surface area contributed by atoms with Gasteiger partial charge < -0.3 is 14.7 Å². The van der Waals surface area contributed by atoms with Crippen LogP contribution in [0.2, 0.25) is 15.1 Å². The summed E-state index contributed by atoms with van der Waals surface area (Å²) in [5, 5.41) is 10.9. The largest absolute Gasteiger partial charge is 0.487 e. The number of hydrogen-bond acceptors (Lipinski definition) is 5. The standard InChI is InChI=1S/C33H34Cl3NO5/c1-32(2)13-23-30(25(38)15-32)29(31-24(37(23)10-9-28(40)41)14-33(3,4)16-26(31)39)18-6-8-27(22(36)11-18)42-17-19-5-7-20(34)12-21(19)35/h5-8,11-12,29H,9-10,13-17H2,1-4H3,(H,40,41). The van der Waals surface area contributed by atoms with Gasteiger partial charge in [-0.1, -0.05) is 74.6 Å². The summed E-state index contributed by atoms with van der Waals surface area (Å²) >= 11 is 19.1. The molecule has 0 amide bonds. The Kier molecular flexibility index (Phi) is 8.29. The normalized spacial score (nSPS) is 20.0. The van der Waals surface area contributed by atoms with Crippen LogP contribution < -0.4 is 4.74 Å². The summed E-state index contributed by atoms with van der Waals surface area (Å²) in [5.74, 6) is -1.11. The lowest BCUT2D eigenvalue weighted by atomic mass is 9.63. The monoisotopic (exact) mass is 629 g/mol. The smallest absolute Gasteiger partial charge is 0.305 e. The Labute approximate surface area is 261 Å². The molecule has 0 saturated carbocycles. The number of ketones is 2. The summed E-state index contributed by atoms with van der Waals surface area (Å²) in [6.45, 7) is 8.59. The Balaban J connectivity index is 1.59. The highest BCUT2D eigenvalue weighted by Crippen LogP contribution is 2.54. The number of carboxylic acid groups (broad SMARTS) is 1. The second-order valence-corrected chi connectivity index (χ2v) is 14.3. The van der Waals surface area contributed by atoms with Crippen LogP contribution in [0.25, 0.3) is 0 Å². The summed E-state index contributed by atoms with van der Waals surface area (Å²) < 4.78 is 5.99. The molecule has 0 spiro atoms. The molecule has 1 N–H and O–H groups in total. The molecule has 222 valence electrons. The summed E-state index contributed by atoms with van der Waals surface area (Å²) in [5.41, 5.74) is 3.68. The molecule has 3 aliphatic rings. The Hall–Kier alpha value is -2.80. The van der Waals surface area contributed by atoms with Crippen molar-refractivity contribution in [1.29, 1.82) is 0 Å². The fourth-order valence-corrected chi connectivity index (χ4v) is 7.17. The van der Waals surface area contributed by atoms with Crippen molar-refractivity contribution in [2.75, 3.05) is 6.54 Å². The molecule has 5 rings (SSSR count). The SMILES string of the molecule is CC1(C)CC(=O)C2=C(C1)N(CCC(=O)O)C1=C(C(=O)CC(C)(C)C1)C2c1ccc(OCc2ccc(Cl)cc2Cl)c(Cl)c1. The Bertz CT molecular complexity index is 1500. The molecule has 0 saturated heterocycles. The van der Waals surface area contributed by atoms with Gasteiger partial charge in [0.1, 0.15) is 12.4 Å². The van der Waals surface area contributed by atoms with E-state index in [2.05, 4.69) is 27.7 Å². The van der Waals surface area contributed by atoms with Crippen molar-refractivity contribution >= 4 is 52.3 Å². The molecule has 0 fully saturated rings. The van der Waals surface area contributed by atoms with Crippen LogP contribution in [-0.2, 0) is 21.0 Å². The van der Waals surface area contributed by atoms with Crippen LogP contribution in [0.5, 0.6) is 5.75 Å². The van der Waals surface area contributed by atoms with Gasteiger partial charge in [-0.15, -0.1) is 0 Å². The van der Waals surface area contributed by atoms with E-state index in [1.54, 1.807) is 30.3 Å². The fourth-order valence-electron chi connectivity index (χ4n) is 6.47. The van der Waals surface area contributed by atoms with Gasteiger partial charge in [0, 0.05) is 63.5 Å². The molecule has 0 atom stereocenters. The summed E-state index contributed by atoms with van der Waals surface area (Å²) in [4.78, 5) is 41.4. The number of rotatable bonds is 7. The number of allylic oxidation sites excluding steroid dienone is 4. The third-order valence-electron chi connectivity index (χ3n) is 8.26. The van der Waals surface area contributed by atoms with Gasteiger partial charge in [0.25, 0.3) is 0 Å². The van der Waals surface area contributed by atoms with Crippen molar-refractivity contribution in [2.24, 2.45) is 10.8 Å². The van der Waals surface area contributed by atoms with E-state index in [0.29, 0.717) is 57.6 Å². The zero-order chi connectivity index (χ0) is 30.6. The number of carbonyl (C=O) groups is 3. The maximum atomic E-state index is 13.9. The Morgan fingerprint density at radius 1 is 0.881 bits per heavy atom. The minimum absolute atomic E-state index is 0.0235. The third kappa shape index (κ3) is 6.13. The van der Waals surface area contributed by atoms with E-state index >= 15 is 0 Å². The maximum Gasteiger partial charge on any atom is 0.305 e. The number of hydrogen-bond donors (Lipinski definition) is 1. The molecule has 42 heavy (non-hydrogen) atoms. The molecule has 6 nitrogen and oxygen atoms in total. The van der Waals surface area contributed by atoms with E-state index in [4.69, 9.17) is 39.5 Å². The first-order valence-electron chi connectivity index (χ1n) is 14.0. The van der Waals surface area contributed by atoms with Crippen LogP contribution >= 0.6 is 34.8 Å². The second-order valence-electron chi connectivity index (χ2n) is 13.0. The van der Waals surface area contributed by atoms with Gasteiger partial charge in [-0.05, 0) is 53.5 Å². The topological polar surface area (TPSA) is 83.9 Å². The van der Waals surface area contributed by atoms with Crippen LogP contribution in [0.4, 0.5) is 0 Å². The lowest BCUT2D eigenvalue weighted by molar-refractivity contribution is -0.137. The number of carbonyl (C=O) groups excluding carboxylic acids is 2. The van der Waals surface area contributed by atoms with Crippen molar-refractivity contribution in [3.05, 3.63) is 85.1 Å². The maximum absolute atomic E-state index is 13.9. The van der Waals surface area contributed by atoms with Crippen LogP contribution in [0, 0.1) is 10.8 Å². The van der Waals surface area contributed by atoms with Gasteiger partial charge >= 0.3 is 5.97 Å². The van der Waals surface area contributed by atoms with E-state index in [1.807, 2.05) is 11.0 Å². The van der Waals surface area contributed by atoms with Crippen LogP contribution in [0.1, 0.15) is 76.8 Å². The zero-order valence-corrected chi connectivity index (χ0v) is 26.4. The number of ether oxygens (including phenoxy) is 1. The molecule has 2 aliphatic carbocycles. The molecule has 0 aromatic heterocycles. The van der Waals surface area contributed by atoms with Crippen LogP contribution in [-0.4, -0.2) is 34.1 Å². The van der Waals surface area contributed by atoms with Gasteiger partial charge in [-0.25, -0.2) is 0 Å². The minimum atomic E-state index is -0.925. The number of halogens is 3. The van der Waals surface area contributed by atoms with E-state index < -0.39 is 11.9 Å². The predicted octanol–water partition coefficient (Wildman–Crippen LogP) is 8.39. The van der Waals surface area contributed by atoms with Crippen LogP contribution in [0.15, 0.2) is 58.9 Å². The first-order valence-corrected chi connectivity index (χ1v) is 15.2. The molecular weight excluding hydrogens is 597 g/mol. The number of carboxylic acids is 1. The highest BCUT2D eigenvalue weighted by molar-refractivity contribution is 6.35. The Morgan fingerprint density at radius 3 is 2.00 bits per heavy atom. The van der Waals surface area contributed by atoms with Gasteiger partial charge in [-0.2, -0.15) is 0 Å². The summed E-state index contributed by atoms with van der Waals surface area (Å²) in [6.07, 6.45) is 1.79. The number of nitrogens with zero attached hydrogens (tertiary/aromatic N) is 1. The van der Waals surface area contributed by atoms with E-state index in [9.17, 15) is 19.5 Å². The average molecular weight is 631 g/mol. The van der Waals surface area contributed by atoms with Crippen molar-refractivity contribution in [1.82, 2.24) is 4.90 Å². The minimum Gasteiger partial charge on any atom is -0.487 e. The Morgan fingerprint density at radius 2 is 1.48 bits per heavy atom.